The molecule has 2 aliphatic carbocycles. The van der Waals surface area contributed by atoms with Gasteiger partial charge in [-0.1, -0.05) is 32.9 Å². The zero-order valence-corrected chi connectivity index (χ0v) is 24.0. The monoisotopic (exact) mass is 560 g/mol. The number of ether oxygens (including phenoxy) is 1. The van der Waals surface area contributed by atoms with E-state index in [1.165, 1.54) is 4.90 Å². The maximum atomic E-state index is 13.8. The Hall–Kier alpha value is -2.71. The lowest BCUT2D eigenvalue weighted by molar-refractivity contribution is -0.142. The van der Waals surface area contributed by atoms with Crippen LogP contribution in [0, 0.1) is 11.3 Å². The average Bonchev–Trinajstić information content (AvgIpc) is 3.20. The number of nitrogens with one attached hydrogen (secondary N) is 2. The number of amides is 3. The minimum Gasteiger partial charge on any atom is -0.446 e. The Morgan fingerprint density at radius 2 is 2.00 bits per heavy atom. The number of alkyl carbamates (subject to hydrolysis) is 1. The molecular formula is C28H41N4O6P. The van der Waals surface area contributed by atoms with Crippen molar-refractivity contribution in [3.05, 3.63) is 42.7 Å². The summed E-state index contributed by atoms with van der Waals surface area (Å²) in [6.07, 6.45) is 8.84. The fraction of sp³-hybridized carbons (Fsp3) is 0.643. The van der Waals surface area contributed by atoms with Crippen LogP contribution < -0.4 is 10.6 Å². The summed E-state index contributed by atoms with van der Waals surface area (Å²) in [6.45, 7) is 9.70. The minimum atomic E-state index is -3.92. The first-order chi connectivity index (χ1) is 18.4. The summed E-state index contributed by atoms with van der Waals surface area (Å²) in [6, 6.07) is 1.72. The highest BCUT2D eigenvalue weighted by molar-refractivity contribution is 7.59. The maximum Gasteiger partial charge on any atom is 0.408 e. The van der Waals surface area contributed by atoms with Crippen LogP contribution in [0.1, 0.15) is 71.3 Å². The molecule has 0 bridgehead atoms. The molecule has 5 atom stereocenters. The summed E-state index contributed by atoms with van der Waals surface area (Å²) < 4.78 is 19.2. The third kappa shape index (κ3) is 6.38. The standard InChI is InChI=1S/C28H41N4O6P/c1-5-20-16-28(20,39(36,37)18-19-10-8-14-29-17-19)31-24(33)22-13-9-15-32(22)25(34)23(27(2,3)4)30-26(35)38-21-11-6-7-12-21/h5,8,10,14,17,20-23H,1,6-7,9,11-13,15-16,18H2,2-4H3,(H,30,35)(H,31,33)(H,36,37)/t20-,22+,23?,28+/m1/s1. The molecule has 214 valence electrons. The molecule has 39 heavy (non-hydrogen) atoms. The Labute approximate surface area is 230 Å². The van der Waals surface area contributed by atoms with Gasteiger partial charge in [0.05, 0.1) is 6.16 Å². The van der Waals surface area contributed by atoms with Crippen molar-refractivity contribution in [1.29, 1.82) is 0 Å². The van der Waals surface area contributed by atoms with Crippen molar-refractivity contribution < 1.29 is 28.6 Å². The fourth-order valence-corrected chi connectivity index (χ4v) is 8.15. The van der Waals surface area contributed by atoms with Gasteiger partial charge in [-0.15, -0.1) is 6.58 Å². The molecule has 0 spiro atoms. The Balaban J connectivity index is 1.48. The topological polar surface area (TPSA) is 138 Å². The average molecular weight is 561 g/mol. The summed E-state index contributed by atoms with van der Waals surface area (Å²) in [5.74, 6) is -1.18. The molecule has 1 saturated heterocycles. The zero-order chi connectivity index (χ0) is 28.4. The smallest absolute Gasteiger partial charge is 0.408 e. The highest BCUT2D eigenvalue weighted by Gasteiger charge is 2.65. The molecule has 0 radical (unpaired) electrons. The SMILES string of the molecule is C=C[C@@H]1C[C@]1(NC(=O)[C@@H]1CCCN1C(=O)C(NC(=O)OC1CCCC1)C(C)(C)C)P(=O)(O)Cc1cccnc1. The normalized spacial score (nSPS) is 27.3. The highest BCUT2D eigenvalue weighted by atomic mass is 31.2. The molecular weight excluding hydrogens is 519 g/mol. The quantitative estimate of drug-likeness (QED) is 0.307. The van der Waals surface area contributed by atoms with E-state index in [0.29, 0.717) is 31.4 Å². The van der Waals surface area contributed by atoms with Gasteiger partial charge in [-0.05, 0) is 62.0 Å². The van der Waals surface area contributed by atoms with Crippen LogP contribution in [0.3, 0.4) is 0 Å². The summed E-state index contributed by atoms with van der Waals surface area (Å²) >= 11 is 0. The second kappa shape index (κ2) is 11.4. The molecule has 1 aliphatic heterocycles. The molecule has 0 aromatic carbocycles. The third-order valence-electron chi connectivity index (χ3n) is 8.14. The number of carbonyl (C=O) groups is 3. The second-order valence-electron chi connectivity index (χ2n) is 12.1. The van der Waals surface area contributed by atoms with Crippen LogP contribution in [-0.2, 0) is 25.1 Å². The molecule has 11 heteroatoms. The molecule has 10 nitrogen and oxygen atoms in total. The third-order valence-corrected chi connectivity index (χ3v) is 10.8. The van der Waals surface area contributed by atoms with Gasteiger partial charge in [-0.25, -0.2) is 4.79 Å². The van der Waals surface area contributed by atoms with Gasteiger partial charge in [0.15, 0.2) is 0 Å². The number of carbonyl (C=O) groups excluding carboxylic acids is 3. The molecule has 3 amide bonds. The second-order valence-corrected chi connectivity index (χ2v) is 14.6. The van der Waals surface area contributed by atoms with Crippen LogP contribution >= 0.6 is 7.37 Å². The minimum absolute atomic E-state index is 0.127. The van der Waals surface area contributed by atoms with E-state index in [9.17, 15) is 23.8 Å². The lowest BCUT2D eigenvalue weighted by Gasteiger charge is -2.36. The van der Waals surface area contributed by atoms with Gasteiger partial charge < -0.3 is 25.2 Å². The van der Waals surface area contributed by atoms with Gasteiger partial charge in [0.25, 0.3) is 0 Å². The Kier molecular flexibility index (Phi) is 8.57. The van der Waals surface area contributed by atoms with Crippen molar-refractivity contribution in [2.45, 2.75) is 95.3 Å². The van der Waals surface area contributed by atoms with Gasteiger partial charge in [0, 0.05) is 24.9 Å². The first kappa shape index (κ1) is 29.3. The van der Waals surface area contributed by atoms with E-state index in [1.54, 1.807) is 30.6 Å². The predicted molar refractivity (Wildman–Crippen MR) is 147 cm³/mol. The van der Waals surface area contributed by atoms with E-state index in [2.05, 4.69) is 22.2 Å². The van der Waals surface area contributed by atoms with Gasteiger partial charge in [-0.2, -0.15) is 0 Å². The van der Waals surface area contributed by atoms with Crippen LogP contribution in [0.2, 0.25) is 0 Å². The maximum absolute atomic E-state index is 13.8. The van der Waals surface area contributed by atoms with E-state index in [0.717, 1.165) is 25.7 Å². The Morgan fingerprint density at radius 1 is 1.28 bits per heavy atom. The van der Waals surface area contributed by atoms with E-state index in [4.69, 9.17) is 4.74 Å². The molecule has 1 aromatic rings. The van der Waals surface area contributed by atoms with Gasteiger partial charge in [0.1, 0.15) is 23.5 Å². The van der Waals surface area contributed by atoms with Crippen molar-refractivity contribution in [2.75, 3.05) is 6.54 Å². The van der Waals surface area contributed by atoms with Crippen molar-refractivity contribution in [1.82, 2.24) is 20.5 Å². The van der Waals surface area contributed by atoms with Crippen molar-refractivity contribution in [3.8, 4) is 0 Å². The van der Waals surface area contributed by atoms with Crippen molar-refractivity contribution in [3.63, 3.8) is 0 Å². The van der Waals surface area contributed by atoms with E-state index in [-0.39, 0.29) is 24.1 Å². The molecule has 2 saturated carbocycles. The van der Waals surface area contributed by atoms with Crippen LogP contribution in [0.25, 0.3) is 0 Å². The molecule has 4 rings (SSSR count). The summed E-state index contributed by atoms with van der Waals surface area (Å²) in [7, 11) is -3.92. The van der Waals surface area contributed by atoms with Gasteiger partial charge in [-0.3, -0.25) is 19.1 Å². The van der Waals surface area contributed by atoms with Crippen LogP contribution in [0.15, 0.2) is 37.2 Å². The Morgan fingerprint density at radius 3 is 2.59 bits per heavy atom. The fourth-order valence-electron chi connectivity index (χ4n) is 5.79. The van der Waals surface area contributed by atoms with Crippen LogP contribution in [-0.4, -0.2) is 62.7 Å². The number of hydrogen-bond acceptors (Lipinski definition) is 6. The number of rotatable bonds is 9. The zero-order valence-electron chi connectivity index (χ0n) is 23.1. The molecule has 3 N–H and O–H groups in total. The predicted octanol–water partition coefficient (Wildman–Crippen LogP) is 3.94. The van der Waals surface area contributed by atoms with Gasteiger partial charge >= 0.3 is 6.09 Å². The van der Waals surface area contributed by atoms with E-state index in [1.807, 2.05) is 20.8 Å². The largest absolute Gasteiger partial charge is 0.446 e. The van der Waals surface area contributed by atoms with Crippen molar-refractivity contribution in [2.24, 2.45) is 11.3 Å². The molecule has 1 aromatic heterocycles. The molecule has 3 aliphatic rings. The first-order valence-corrected chi connectivity index (χ1v) is 15.7. The summed E-state index contributed by atoms with van der Waals surface area (Å²) in [5, 5.41) is 4.31. The van der Waals surface area contributed by atoms with E-state index >= 15 is 0 Å². The number of hydrogen-bond donors (Lipinski definition) is 3. The number of aromatic nitrogens is 1. The van der Waals surface area contributed by atoms with E-state index < -0.39 is 42.1 Å². The number of likely N-dealkylation sites (tertiary alicyclic amines) is 1. The number of pyridine rings is 1. The molecule has 3 fully saturated rings. The number of nitrogens with zero attached hydrogens (tertiary/aromatic N) is 2. The van der Waals surface area contributed by atoms with Crippen LogP contribution in [0.4, 0.5) is 4.79 Å². The molecule has 2 heterocycles. The molecule has 2 unspecified atom stereocenters. The van der Waals surface area contributed by atoms with Crippen LogP contribution in [0.5, 0.6) is 0 Å². The van der Waals surface area contributed by atoms with Crippen molar-refractivity contribution >= 4 is 25.3 Å². The lowest BCUT2D eigenvalue weighted by Crippen LogP contribution is -2.58. The Bertz CT molecular complexity index is 1130. The lowest BCUT2D eigenvalue weighted by atomic mass is 9.85. The first-order valence-electron chi connectivity index (χ1n) is 13.8. The highest BCUT2D eigenvalue weighted by Crippen LogP contribution is 2.70. The summed E-state index contributed by atoms with van der Waals surface area (Å²) in [5.41, 5.74) is -0.0288. The van der Waals surface area contributed by atoms with Gasteiger partial charge in [0.2, 0.25) is 19.2 Å². The summed E-state index contributed by atoms with van der Waals surface area (Å²) in [4.78, 5) is 56.7.